The number of pyridine rings is 1. The number of carbonyl (C=O) groups excluding carboxylic acids is 1. The van der Waals surface area contributed by atoms with Crippen LogP contribution in [0.5, 0.6) is 5.75 Å². The van der Waals surface area contributed by atoms with Gasteiger partial charge in [-0.3, -0.25) is 9.78 Å². The van der Waals surface area contributed by atoms with E-state index in [0.717, 1.165) is 12.8 Å². The predicted octanol–water partition coefficient (Wildman–Crippen LogP) is 3.07. The molecule has 1 heterocycles. The third-order valence-corrected chi connectivity index (χ3v) is 3.24. The van der Waals surface area contributed by atoms with Crippen LogP contribution in [-0.2, 0) is 0 Å². The van der Waals surface area contributed by atoms with Gasteiger partial charge in [0.25, 0.3) is 5.91 Å². The van der Waals surface area contributed by atoms with Gasteiger partial charge in [0.15, 0.2) is 0 Å². The molecule has 1 amide bonds. The molecule has 0 fully saturated rings. The lowest BCUT2D eigenvalue weighted by Gasteiger charge is -2.32. The summed E-state index contributed by atoms with van der Waals surface area (Å²) in [6.07, 6.45) is 4.68. The maximum atomic E-state index is 12.6. The molecule has 0 spiro atoms. The Labute approximate surface area is 115 Å². The number of rotatable bonds is 6. The SMILES string of the molecule is CCC(CC)N(CC(C)C)C(=O)c1ccncc1O. The van der Waals surface area contributed by atoms with Crippen molar-refractivity contribution in [1.29, 1.82) is 0 Å². The molecule has 0 saturated heterocycles. The summed E-state index contributed by atoms with van der Waals surface area (Å²) in [6, 6.07) is 1.79. The molecular weight excluding hydrogens is 240 g/mol. The minimum Gasteiger partial charge on any atom is -0.505 e. The molecule has 4 heteroatoms. The van der Waals surface area contributed by atoms with Gasteiger partial charge in [-0.2, -0.15) is 0 Å². The first kappa shape index (κ1) is 15.5. The first-order valence-corrected chi connectivity index (χ1v) is 6.95. The standard InChI is InChI=1S/C15H24N2O2/c1-5-12(6-2)17(10-11(3)4)15(19)13-7-8-16-9-14(13)18/h7-9,11-12,18H,5-6,10H2,1-4H3. The quantitative estimate of drug-likeness (QED) is 0.859. The summed E-state index contributed by atoms with van der Waals surface area (Å²) in [6.45, 7) is 9.05. The monoisotopic (exact) mass is 264 g/mol. The van der Waals surface area contributed by atoms with Gasteiger partial charge in [-0.25, -0.2) is 0 Å². The fourth-order valence-corrected chi connectivity index (χ4v) is 2.24. The van der Waals surface area contributed by atoms with E-state index in [1.807, 2.05) is 4.90 Å². The predicted molar refractivity (Wildman–Crippen MR) is 76.1 cm³/mol. The second-order valence-electron chi connectivity index (χ2n) is 5.21. The van der Waals surface area contributed by atoms with Gasteiger partial charge in [-0.05, 0) is 24.8 Å². The highest BCUT2D eigenvalue weighted by Crippen LogP contribution is 2.21. The van der Waals surface area contributed by atoms with Crippen LogP contribution in [0.25, 0.3) is 0 Å². The van der Waals surface area contributed by atoms with Gasteiger partial charge in [0.05, 0.1) is 11.8 Å². The summed E-state index contributed by atoms with van der Waals surface area (Å²) < 4.78 is 0. The van der Waals surface area contributed by atoms with Crippen LogP contribution in [0.4, 0.5) is 0 Å². The third kappa shape index (κ3) is 3.94. The van der Waals surface area contributed by atoms with E-state index in [0.29, 0.717) is 18.0 Å². The number of carbonyl (C=O) groups is 1. The Hall–Kier alpha value is -1.58. The van der Waals surface area contributed by atoms with Crippen molar-refractivity contribution in [3.63, 3.8) is 0 Å². The van der Waals surface area contributed by atoms with Gasteiger partial charge in [0.2, 0.25) is 0 Å². The highest BCUT2D eigenvalue weighted by molar-refractivity contribution is 5.96. The minimum atomic E-state index is -0.109. The number of nitrogens with zero attached hydrogens (tertiary/aromatic N) is 2. The zero-order valence-electron chi connectivity index (χ0n) is 12.3. The van der Waals surface area contributed by atoms with Crippen molar-refractivity contribution in [2.24, 2.45) is 5.92 Å². The molecule has 1 rings (SSSR count). The Morgan fingerprint density at radius 1 is 1.37 bits per heavy atom. The van der Waals surface area contributed by atoms with Gasteiger partial charge < -0.3 is 10.0 Å². The average Bonchev–Trinajstić information content (AvgIpc) is 2.38. The van der Waals surface area contributed by atoms with Gasteiger partial charge >= 0.3 is 0 Å². The first-order valence-electron chi connectivity index (χ1n) is 6.95. The van der Waals surface area contributed by atoms with E-state index in [-0.39, 0.29) is 17.7 Å². The van der Waals surface area contributed by atoms with E-state index in [1.165, 1.54) is 12.4 Å². The van der Waals surface area contributed by atoms with E-state index in [2.05, 4.69) is 32.7 Å². The van der Waals surface area contributed by atoms with E-state index in [4.69, 9.17) is 0 Å². The van der Waals surface area contributed by atoms with Crippen molar-refractivity contribution >= 4 is 5.91 Å². The molecule has 0 aliphatic rings. The van der Waals surface area contributed by atoms with Crippen LogP contribution >= 0.6 is 0 Å². The Morgan fingerprint density at radius 2 is 2.00 bits per heavy atom. The van der Waals surface area contributed by atoms with Crippen molar-refractivity contribution < 1.29 is 9.90 Å². The van der Waals surface area contributed by atoms with Crippen molar-refractivity contribution in [3.05, 3.63) is 24.0 Å². The molecule has 0 aliphatic carbocycles. The summed E-state index contributed by atoms with van der Waals surface area (Å²) in [5, 5.41) is 9.78. The second kappa shape index (κ2) is 7.12. The Morgan fingerprint density at radius 3 is 2.47 bits per heavy atom. The lowest BCUT2D eigenvalue weighted by atomic mass is 10.1. The van der Waals surface area contributed by atoms with E-state index in [1.54, 1.807) is 6.07 Å². The van der Waals surface area contributed by atoms with Crippen molar-refractivity contribution in [2.45, 2.75) is 46.6 Å². The zero-order chi connectivity index (χ0) is 14.4. The molecular formula is C15H24N2O2. The molecule has 106 valence electrons. The van der Waals surface area contributed by atoms with Gasteiger partial charge in [-0.15, -0.1) is 0 Å². The molecule has 0 bridgehead atoms. The first-order chi connectivity index (χ1) is 9.01. The molecule has 4 nitrogen and oxygen atoms in total. The largest absolute Gasteiger partial charge is 0.505 e. The number of aromatic hydroxyl groups is 1. The topological polar surface area (TPSA) is 53.4 Å². The summed E-state index contributed by atoms with van der Waals surface area (Å²) in [7, 11) is 0. The molecule has 19 heavy (non-hydrogen) atoms. The minimum absolute atomic E-state index is 0.0489. The molecule has 0 aromatic carbocycles. The van der Waals surface area contributed by atoms with Gasteiger partial charge in [0.1, 0.15) is 5.75 Å². The number of aromatic nitrogens is 1. The number of hydrogen-bond donors (Lipinski definition) is 1. The lowest BCUT2D eigenvalue weighted by Crippen LogP contribution is -2.42. The number of amides is 1. The molecule has 1 aromatic heterocycles. The summed E-state index contributed by atoms with van der Waals surface area (Å²) in [5.41, 5.74) is 0.336. The molecule has 1 N–H and O–H groups in total. The van der Waals surface area contributed by atoms with Crippen LogP contribution in [0.1, 0.15) is 50.9 Å². The van der Waals surface area contributed by atoms with Crippen LogP contribution in [0, 0.1) is 5.92 Å². The van der Waals surface area contributed by atoms with Crippen LogP contribution in [-0.4, -0.2) is 33.5 Å². The summed E-state index contributed by atoms with van der Waals surface area (Å²) >= 11 is 0. The highest BCUT2D eigenvalue weighted by Gasteiger charge is 2.24. The average molecular weight is 264 g/mol. The fraction of sp³-hybridized carbons (Fsp3) is 0.600. The molecule has 0 unspecified atom stereocenters. The lowest BCUT2D eigenvalue weighted by molar-refractivity contribution is 0.0637. The summed E-state index contributed by atoms with van der Waals surface area (Å²) in [5.74, 6) is 0.239. The third-order valence-electron chi connectivity index (χ3n) is 3.24. The van der Waals surface area contributed by atoms with Crippen LogP contribution in [0.15, 0.2) is 18.5 Å². The maximum Gasteiger partial charge on any atom is 0.257 e. The fourth-order valence-electron chi connectivity index (χ4n) is 2.24. The molecule has 1 aromatic rings. The van der Waals surface area contributed by atoms with E-state index < -0.39 is 0 Å². The van der Waals surface area contributed by atoms with Crippen molar-refractivity contribution in [2.75, 3.05) is 6.54 Å². The van der Waals surface area contributed by atoms with E-state index >= 15 is 0 Å². The molecule has 0 saturated carbocycles. The Kier molecular flexibility index (Phi) is 5.80. The van der Waals surface area contributed by atoms with Gasteiger partial charge in [0, 0.05) is 18.8 Å². The molecule has 0 atom stereocenters. The smallest absolute Gasteiger partial charge is 0.257 e. The highest BCUT2D eigenvalue weighted by atomic mass is 16.3. The molecule has 0 aliphatic heterocycles. The Bertz CT molecular complexity index is 414. The number of hydrogen-bond acceptors (Lipinski definition) is 3. The maximum absolute atomic E-state index is 12.6. The van der Waals surface area contributed by atoms with Crippen molar-refractivity contribution in [3.8, 4) is 5.75 Å². The van der Waals surface area contributed by atoms with Crippen molar-refractivity contribution in [1.82, 2.24) is 9.88 Å². The normalized spacial score (nSPS) is 11.1. The molecule has 0 radical (unpaired) electrons. The second-order valence-corrected chi connectivity index (χ2v) is 5.21. The van der Waals surface area contributed by atoms with E-state index in [9.17, 15) is 9.90 Å². The van der Waals surface area contributed by atoms with Crippen LogP contribution < -0.4 is 0 Å². The zero-order valence-corrected chi connectivity index (χ0v) is 12.3. The van der Waals surface area contributed by atoms with Gasteiger partial charge in [-0.1, -0.05) is 27.7 Å². The summed E-state index contributed by atoms with van der Waals surface area (Å²) in [4.78, 5) is 18.3. The van der Waals surface area contributed by atoms with Crippen LogP contribution in [0.3, 0.4) is 0 Å². The van der Waals surface area contributed by atoms with Crippen LogP contribution in [0.2, 0.25) is 0 Å². The Balaban J connectivity index is 3.03.